The quantitative estimate of drug-likeness (QED) is 0.804. The van der Waals surface area contributed by atoms with E-state index in [1.165, 1.54) is 7.05 Å². The number of carbonyl (C=O) groups is 3. The third-order valence-corrected chi connectivity index (χ3v) is 5.35. The number of benzene rings is 1. The number of hydrogen-bond acceptors (Lipinski definition) is 4. The molecule has 4 rings (SSSR count). The molecule has 0 unspecified atom stereocenters. The van der Waals surface area contributed by atoms with E-state index in [1.807, 2.05) is 22.4 Å². The topological polar surface area (TPSA) is 57.7 Å². The number of rotatable bonds is 4. The van der Waals surface area contributed by atoms with Crippen LogP contribution in [0.15, 0.2) is 35.7 Å². The monoisotopic (exact) mass is 340 g/mol. The standard InChI is InChI=1S/C18H16N2O3S/c1-19-17(22)14-7-4-11(9-15(14)18(19)23)16(21)20(12-5-6-12)10-13-3-2-8-24-13/h2-4,7-9,12H,5-6,10H2,1H3. The van der Waals surface area contributed by atoms with Gasteiger partial charge in [0.25, 0.3) is 17.7 Å². The first kappa shape index (κ1) is 15.1. The second kappa shape index (κ2) is 5.56. The van der Waals surface area contributed by atoms with E-state index in [0.29, 0.717) is 23.2 Å². The van der Waals surface area contributed by atoms with Gasteiger partial charge in [0, 0.05) is 23.5 Å². The minimum absolute atomic E-state index is 0.0801. The van der Waals surface area contributed by atoms with Crippen LogP contribution in [0.3, 0.4) is 0 Å². The Hall–Kier alpha value is -2.47. The summed E-state index contributed by atoms with van der Waals surface area (Å²) in [6, 6.07) is 9.06. The number of thiophene rings is 1. The number of carbonyl (C=O) groups excluding carboxylic acids is 3. The van der Waals surface area contributed by atoms with Gasteiger partial charge in [-0.25, -0.2) is 0 Å². The van der Waals surface area contributed by atoms with Crippen molar-refractivity contribution in [2.24, 2.45) is 0 Å². The predicted molar refractivity (Wildman–Crippen MR) is 90.1 cm³/mol. The normalized spacial score (nSPS) is 16.5. The Labute approximate surface area is 143 Å². The molecule has 2 aliphatic rings. The minimum Gasteiger partial charge on any atom is -0.331 e. The molecule has 1 aliphatic heterocycles. The Bertz CT molecular complexity index is 840. The van der Waals surface area contributed by atoms with Crippen LogP contribution < -0.4 is 0 Å². The van der Waals surface area contributed by atoms with Gasteiger partial charge in [0.15, 0.2) is 0 Å². The third-order valence-electron chi connectivity index (χ3n) is 4.49. The summed E-state index contributed by atoms with van der Waals surface area (Å²) >= 11 is 1.63. The molecule has 0 N–H and O–H groups in total. The van der Waals surface area contributed by atoms with Gasteiger partial charge in [-0.3, -0.25) is 19.3 Å². The smallest absolute Gasteiger partial charge is 0.261 e. The molecule has 2 aromatic rings. The summed E-state index contributed by atoms with van der Waals surface area (Å²) in [6.45, 7) is 0.588. The lowest BCUT2D eigenvalue weighted by Gasteiger charge is -2.22. The lowest BCUT2D eigenvalue weighted by atomic mass is 10.0. The van der Waals surface area contributed by atoms with E-state index < -0.39 is 0 Å². The van der Waals surface area contributed by atoms with Crippen LogP contribution in [0.5, 0.6) is 0 Å². The van der Waals surface area contributed by atoms with Crippen LogP contribution in [-0.4, -0.2) is 40.6 Å². The second-order valence-corrected chi connectivity index (χ2v) is 7.21. The van der Waals surface area contributed by atoms with Gasteiger partial charge < -0.3 is 4.90 Å². The van der Waals surface area contributed by atoms with Crippen molar-refractivity contribution in [1.82, 2.24) is 9.80 Å². The number of nitrogens with zero attached hydrogens (tertiary/aromatic N) is 2. The van der Waals surface area contributed by atoms with Crippen LogP contribution in [0.1, 0.15) is 48.8 Å². The first-order valence-electron chi connectivity index (χ1n) is 7.86. The van der Waals surface area contributed by atoms with Crippen molar-refractivity contribution >= 4 is 29.1 Å². The summed E-state index contributed by atoms with van der Waals surface area (Å²) in [4.78, 5) is 41.1. The molecule has 0 atom stereocenters. The highest BCUT2D eigenvalue weighted by Crippen LogP contribution is 2.31. The molecule has 3 amide bonds. The molecule has 122 valence electrons. The molecule has 2 heterocycles. The average Bonchev–Trinajstić information content (AvgIpc) is 3.27. The molecular formula is C18H16N2O3S. The Kier molecular flexibility index (Phi) is 3.49. The first-order valence-corrected chi connectivity index (χ1v) is 8.74. The van der Waals surface area contributed by atoms with E-state index in [1.54, 1.807) is 29.5 Å². The highest BCUT2D eigenvalue weighted by Gasteiger charge is 2.36. The lowest BCUT2D eigenvalue weighted by molar-refractivity contribution is 0.0691. The van der Waals surface area contributed by atoms with Crippen molar-refractivity contribution < 1.29 is 14.4 Å². The van der Waals surface area contributed by atoms with E-state index in [-0.39, 0.29) is 23.8 Å². The van der Waals surface area contributed by atoms with Crippen molar-refractivity contribution in [1.29, 1.82) is 0 Å². The molecule has 0 bridgehead atoms. The van der Waals surface area contributed by atoms with Gasteiger partial charge in [-0.15, -0.1) is 11.3 Å². The molecule has 24 heavy (non-hydrogen) atoms. The Morgan fingerprint density at radius 3 is 2.62 bits per heavy atom. The van der Waals surface area contributed by atoms with E-state index in [2.05, 4.69) is 0 Å². The fraction of sp³-hybridized carbons (Fsp3) is 0.278. The van der Waals surface area contributed by atoms with Gasteiger partial charge in [-0.2, -0.15) is 0 Å². The summed E-state index contributed by atoms with van der Waals surface area (Å²) < 4.78 is 0. The van der Waals surface area contributed by atoms with E-state index in [4.69, 9.17) is 0 Å². The summed E-state index contributed by atoms with van der Waals surface area (Å²) in [6.07, 6.45) is 2.03. The summed E-state index contributed by atoms with van der Waals surface area (Å²) in [5.41, 5.74) is 1.16. The average molecular weight is 340 g/mol. The first-order chi connectivity index (χ1) is 11.6. The SMILES string of the molecule is CN1C(=O)c2ccc(C(=O)N(Cc3cccs3)C3CC3)cc2C1=O. The molecule has 0 spiro atoms. The minimum atomic E-state index is -0.346. The zero-order valence-electron chi connectivity index (χ0n) is 13.2. The van der Waals surface area contributed by atoms with Crippen LogP contribution in [-0.2, 0) is 6.54 Å². The molecule has 1 fully saturated rings. The molecule has 6 heteroatoms. The van der Waals surface area contributed by atoms with Crippen molar-refractivity contribution in [3.05, 3.63) is 57.3 Å². The fourth-order valence-corrected chi connectivity index (χ4v) is 3.69. The molecule has 1 aromatic heterocycles. The van der Waals surface area contributed by atoms with Crippen molar-refractivity contribution in [2.75, 3.05) is 7.05 Å². The highest BCUT2D eigenvalue weighted by molar-refractivity contribution is 7.09. The molecule has 1 aliphatic carbocycles. The van der Waals surface area contributed by atoms with Crippen molar-refractivity contribution in [2.45, 2.75) is 25.4 Å². The summed E-state index contributed by atoms with van der Waals surface area (Å²) in [7, 11) is 1.46. The maximum atomic E-state index is 12.9. The molecular weight excluding hydrogens is 324 g/mol. The zero-order valence-corrected chi connectivity index (χ0v) is 14.0. The maximum Gasteiger partial charge on any atom is 0.261 e. The molecule has 5 nitrogen and oxygen atoms in total. The summed E-state index contributed by atoms with van der Waals surface area (Å²) in [5, 5.41) is 2.00. The Morgan fingerprint density at radius 1 is 1.21 bits per heavy atom. The van der Waals surface area contributed by atoms with Crippen LogP contribution in [0, 0.1) is 0 Å². The van der Waals surface area contributed by atoms with Gasteiger partial charge in [0.05, 0.1) is 17.7 Å². The number of fused-ring (bicyclic) bond motifs is 1. The molecule has 0 saturated heterocycles. The van der Waals surface area contributed by atoms with E-state index >= 15 is 0 Å². The van der Waals surface area contributed by atoms with Crippen LogP contribution in [0.25, 0.3) is 0 Å². The molecule has 1 aromatic carbocycles. The highest BCUT2D eigenvalue weighted by atomic mass is 32.1. The van der Waals surface area contributed by atoms with Crippen LogP contribution in [0.4, 0.5) is 0 Å². The van der Waals surface area contributed by atoms with Crippen LogP contribution in [0.2, 0.25) is 0 Å². The largest absolute Gasteiger partial charge is 0.331 e. The third kappa shape index (κ3) is 2.43. The van der Waals surface area contributed by atoms with Gasteiger partial charge in [0.2, 0.25) is 0 Å². The van der Waals surface area contributed by atoms with Gasteiger partial charge in [0.1, 0.15) is 0 Å². The van der Waals surface area contributed by atoms with Crippen molar-refractivity contribution in [3.8, 4) is 0 Å². The zero-order chi connectivity index (χ0) is 16.8. The number of imide groups is 1. The van der Waals surface area contributed by atoms with Crippen molar-refractivity contribution in [3.63, 3.8) is 0 Å². The van der Waals surface area contributed by atoms with Gasteiger partial charge >= 0.3 is 0 Å². The second-order valence-electron chi connectivity index (χ2n) is 6.17. The van der Waals surface area contributed by atoms with Gasteiger partial charge in [-0.1, -0.05) is 6.07 Å². The maximum absolute atomic E-state index is 12.9. The molecule has 1 saturated carbocycles. The predicted octanol–water partition coefficient (Wildman–Crippen LogP) is 2.78. The fourth-order valence-electron chi connectivity index (χ4n) is 2.98. The number of amides is 3. The lowest BCUT2D eigenvalue weighted by Crippen LogP contribution is -2.32. The Balaban J connectivity index is 1.64. The van der Waals surface area contributed by atoms with Crippen LogP contribution >= 0.6 is 11.3 Å². The van der Waals surface area contributed by atoms with E-state index in [0.717, 1.165) is 22.6 Å². The number of hydrogen-bond donors (Lipinski definition) is 0. The van der Waals surface area contributed by atoms with E-state index in [9.17, 15) is 14.4 Å². The van der Waals surface area contributed by atoms with Gasteiger partial charge in [-0.05, 0) is 42.5 Å². The molecule has 0 radical (unpaired) electrons. The summed E-state index contributed by atoms with van der Waals surface area (Å²) in [5.74, 6) is -0.740. The Morgan fingerprint density at radius 2 is 1.96 bits per heavy atom.